The van der Waals surface area contributed by atoms with Gasteiger partial charge in [0.05, 0.1) is 0 Å². The summed E-state index contributed by atoms with van der Waals surface area (Å²) in [4.78, 5) is 6.44. The summed E-state index contributed by atoms with van der Waals surface area (Å²) in [5.74, 6) is 0. The predicted molar refractivity (Wildman–Crippen MR) is 50.4 cm³/mol. The van der Waals surface area contributed by atoms with Gasteiger partial charge in [-0.1, -0.05) is 32.6 Å². The van der Waals surface area contributed by atoms with Crippen molar-refractivity contribution in [2.45, 2.75) is 51.6 Å². The van der Waals surface area contributed by atoms with Gasteiger partial charge in [-0.3, -0.25) is 0 Å². The molecular weight excluding hydrogens is 148 g/mol. The van der Waals surface area contributed by atoms with E-state index in [-0.39, 0.29) is 0 Å². The van der Waals surface area contributed by atoms with E-state index in [1.54, 1.807) is 0 Å². The second-order valence-electron chi connectivity index (χ2n) is 2.94. The molecule has 0 unspecified atom stereocenters. The van der Waals surface area contributed by atoms with Crippen molar-refractivity contribution in [2.24, 2.45) is 0 Å². The summed E-state index contributed by atoms with van der Waals surface area (Å²) in [5.41, 5.74) is 0. The number of rotatable bonds is 6. The first kappa shape index (κ1) is 11.0. The van der Waals surface area contributed by atoms with Gasteiger partial charge in [0, 0.05) is 0 Å². The number of hydrogen-bond acceptors (Lipinski definition) is 0. The minimum atomic E-state index is -0.411. The molecule has 0 bridgehead atoms. The topological polar surface area (TPSA) is 8.72 Å². The first-order valence-corrected chi connectivity index (χ1v) is 4.58. The molecular formula is C10H16N2. The monoisotopic (exact) mass is 164 g/mol. The standard InChI is InChI=1S/C10H16N2/c1-4-5-6-7-8-9-10(11-2)12-3/h10H,4-9H2,1H3. The molecule has 0 fully saturated rings. The van der Waals surface area contributed by atoms with Crippen molar-refractivity contribution in [3.05, 3.63) is 22.8 Å². The van der Waals surface area contributed by atoms with Crippen molar-refractivity contribution < 1.29 is 0 Å². The Morgan fingerprint density at radius 1 is 1.00 bits per heavy atom. The highest BCUT2D eigenvalue weighted by Gasteiger charge is 2.12. The van der Waals surface area contributed by atoms with E-state index in [2.05, 4.69) is 16.6 Å². The first-order valence-electron chi connectivity index (χ1n) is 4.58. The number of hydrogen-bond donors (Lipinski definition) is 0. The van der Waals surface area contributed by atoms with Crippen LogP contribution in [0.3, 0.4) is 0 Å². The molecule has 0 heterocycles. The zero-order valence-electron chi connectivity index (χ0n) is 7.71. The second kappa shape index (κ2) is 8.08. The predicted octanol–water partition coefficient (Wildman–Crippen LogP) is 3.51. The van der Waals surface area contributed by atoms with Crippen LogP contribution in [-0.2, 0) is 0 Å². The molecule has 0 aromatic carbocycles. The maximum atomic E-state index is 6.69. The van der Waals surface area contributed by atoms with Crippen LogP contribution in [0.4, 0.5) is 0 Å². The fourth-order valence-corrected chi connectivity index (χ4v) is 1.09. The van der Waals surface area contributed by atoms with Gasteiger partial charge < -0.3 is 0 Å². The molecule has 0 N–H and O–H groups in total. The summed E-state index contributed by atoms with van der Waals surface area (Å²) < 4.78 is 0. The van der Waals surface area contributed by atoms with E-state index in [0.29, 0.717) is 0 Å². The molecule has 0 amide bonds. The smallest absolute Gasteiger partial charge is 0.233 e. The van der Waals surface area contributed by atoms with E-state index < -0.39 is 6.17 Å². The van der Waals surface area contributed by atoms with Crippen LogP contribution in [0.25, 0.3) is 9.69 Å². The summed E-state index contributed by atoms with van der Waals surface area (Å²) >= 11 is 0. The van der Waals surface area contributed by atoms with Crippen LogP contribution in [0.15, 0.2) is 0 Å². The van der Waals surface area contributed by atoms with Crippen molar-refractivity contribution in [1.29, 1.82) is 0 Å². The van der Waals surface area contributed by atoms with E-state index in [1.165, 1.54) is 25.7 Å². The molecule has 0 aromatic rings. The Balaban J connectivity index is 3.21. The average molecular weight is 164 g/mol. The highest BCUT2D eigenvalue weighted by Crippen LogP contribution is 2.09. The van der Waals surface area contributed by atoms with Crippen LogP contribution in [0, 0.1) is 13.1 Å². The highest BCUT2D eigenvalue weighted by molar-refractivity contribution is 4.85. The van der Waals surface area contributed by atoms with Crippen LogP contribution >= 0.6 is 0 Å². The Kier molecular flexibility index (Phi) is 7.39. The van der Waals surface area contributed by atoms with Gasteiger partial charge in [0.1, 0.15) is 6.42 Å². The summed E-state index contributed by atoms with van der Waals surface area (Å²) in [6.07, 6.45) is 6.34. The van der Waals surface area contributed by atoms with Crippen molar-refractivity contribution in [2.75, 3.05) is 0 Å². The molecule has 0 radical (unpaired) electrons. The quantitative estimate of drug-likeness (QED) is 0.419. The molecule has 0 aliphatic carbocycles. The van der Waals surface area contributed by atoms with Gasteiger partial charge in [-0.05, 0) is 6.42 Å². The van der Waals surface area contributed by atoms with Gasteiger partial charge >= 0.3 is 6.17 Å². The molecule has 0 aromatic heterocycles. The fourth-order valence-electron chi connectivity index (χ4n) is 1.09. The number of nitrogens with zero attached hydrogens (tertiary/aromatic N) is 2. The average Bonchev–Trinajstić information content (AvgIpc) is 2.11. The molecule has 0 saturated carbocycles. The first-order chi connectivity index (χ1) is 5.85. The molecule has 0 atom stereocenters. The lowest BCUT2D eigenvalue weighted by Crippen LogP contribution is -1.93. The van der Waals surface area contributed by atoms with Crippen molar-refractivity contribution in [3.63, 3.8) is 0 Å². The molecule has 0 aliphatic heterocycles. The van der Waals surface area contributed by atoms with Crippen LogP contribution in [-0.4, -0.2) is 6.17 Å². The zero-order valence-corrected chi connectivity index (χ0v) is 7.71. The van der Waals surface area contributed by atoms with Crippen LogP contribution in [0.2, 0.25) is 0 Å². The number of unbranched alkanes of at least 4 members (excludes halogenated alkanes) is 4. The largest absolute Gasteiger partial charge is 0.474 e. The third-order valence-electron chi connectivity index (χ3n) is 1.86. The molecule has 66 valence electrons. The van der Waals surface area contributed by atoms with Gasteiger partial charge in [-0.2, -0.15) is 0 Å². The normalized spacial score (nSPS) is 9.33. The fraction of sp³-hybridized carbons (Fsp3) is 0.800. The molecule has 2 nitrogen and oxygen atoms in total. The highest BCUT2D eigenvalue weighted by atomic mass is 14.9. The van der Waals surface area contributed by atoms with Gasteiger partial charge in [-0.15, -0.1) is 0 Å². The van der Waals surface area contributed by atoms with Gasteiger partial charge in [0.2, 0.25) is 0 Å². The third-order valence-corrected chi connectivity index (χ3v) is 1.86. The van der Waals surface area contributed by atoms with Crippen molar-refractivity contribution >= 4 is 0 Å². The minimum Gasteiger partial charge on any atom is -0.233 e. The molecule has 0 saturated heterocycles. The lowest BCUT2D eigenvalue weighted by atomic mass is 10.1. The van der Waals surface area contributed by atoms with Crippen LogP contribution in [0.1, 0.15) is 45.4 Å². The van der Waals surface area contributed by atoms with Crippen LogP contribution in [0.5, 0.6) is 0 Å². The Hall–Kier alpha value is -1.02. The third kappa shape index (κ3) is 5.74. The van der Waals surface area contributed by atoms with Gasteiger partial charge in [0.25, 0.3) is 0 Å². The lowest BCUT2D eigenvalue weighted by molar-refractivity contribution is 0.601. The molecule has 2 heteroatoms. The summed E-state index contributed by atoms with van der Waals surface area (Å²) in [6, 6.07) is 0. The maximum Gasteiger partial charge on any atom is 0.474 e. The summed E-state index contributed by atoms with van der Waals surface area (Å²) in [7, 11) is 0. The van der Waals surface area contributed by atoms with Crippen LogP contribution < -0.4 is 0 Å². The molecule has 0 rings (SSSR count). The summed E-state index contributed by atoms with van der Waals surface area (Å²) in [6.45, 7) is 15.6. The van der Waals surface area contributed by atoms with E-state index >= 15 is 0 Å². The minimum absolute atomic E-state index is 0.411. The van der Waals surface area contributed by atoms with E-state index in [0.717, 1.165) is 12.8 Å². The van der Waals surface area contributed by atoms with E-state index in [4.69, 9.17) is 13.1 Å². The van der Waals surface area contributed by atoms with E-state index in [9.17, 15) is 0 Å². The Morgan fingerprint density at radius 3 is 2.08 bits per heavy atom. The lowest BCUT2D eigenvalue weighted by Gasteiger charge is -1.95. The maximum absolute atomic E-state index is 6.69. The Bertz CT molecular complexity index is 159. The second-order valence-corrected chi connectivity index (χ2v) is 2.94. The van der Waals surface area contributed by atoms with Crippen molar-refractivity contribution in [3.8, 4) is 0 Å². The Labute approximate surface area is 75.2 Å². The SMILES string of the molecule is [C-]#[N+]C(CCCCCCC)[N+]#[C-]. The van der Waals surface area contributed by atoms with Gasteiger partial charge in [-0.25, -0.2) is 22.8 Å². The van der Waals surface area contributed by atoms with Crippen molar-refractivity contribution in [1.82, 2.24) is 0 Å². The summed E-state index contributed by atoms with van der Waals surface area (Å²) in [5, 5.41) is 0. The molecule has 0 aliphatic rings. The van der Waals surface area contributed by atoms with Gasteiger partial charge in [0.15, 0.2) is 0 Å². The molecule has 12 heavy (non-hydrogen) atoms. The Morgan fingerprint density at radius 2 is 1.58 bits per heavy atom. The molecule has 0 spiro atoms. The zero-order chi connectivity index (χ0) is 9.23. The van der Waals surface area contributed by atoms with E-state index in [1.807, 2.05) is 0 Å².